The second kappa shape index (κ2) is 5.94. The van der Waals surface area contributed by atoms with Gasteiger partial charge in [0.15, 0.2) is 0 Å². The second-order valence-electron chi connectivity index (χ2n) is 8.00. The number of hydrogen-bond acceptors (Lipinski definition) is 3. The summed E-state index contributed by atoms with van der Waals surface area (Å²) in [7, 11) is 4.00. The number of likely N-dealkylation sites (N-methyl/N-ethyl adjacent to an activating group) is 1. The van der Waals surface area contributed by atoms with E-state index in [1.165, 1.54) is 38.5 Å². The quantitative estimate of drug-likeness (QED) is 0.728. The van der Waals surface area contributed by atoms with Crippen molar-refractivity contribution in [2.24, 2.45) is 28.9 Å². The summed E-state index contributed by atoms with van der Waals surface area (Å²) in [6.45, 7) is 3.03. The maximum atomic E-state index is 6.71. The molecule has 0 aromatic carbocycles. The van der Waals surface area contributed by atoms with Crippen molar-refractivity contribution in [2.45, 2.75) is 51.0 Å². The largest absolute Gasteiger partial charge is 0.385 e. The molecule has 4 aliphatic rings. The third-order valence-electron chi connectivity index (χ3n) is 6.27. The van der Waals surface area contributed by atoms with Crippen LogP contribution >= 0.6 is 0 Å². The molecule has 1 unspecified atom stereocenters. The van der Waals surface area contributed by atoms with Gasteiger partial charge < -0.3 is 15.4 Å². The minimum atomic E-state index is 0.378. The van der Waals surface area contributed by atoms with Gasteiger partial charge in [-0.1, -0.05) is 0 Å². The van der Waals surface area contributed by atoms with Gasteiger partial charge in [0.2, 0.25) is 0 Å². The van der Waals surface area contributed by atoms with Gasteiger partial charge >= 0.3 is 0 Å². The highest BCUT2D eigenvalue weighted by Crippen LogP contribution is 2.60. The Morgan fingerprint density at radius 1 is 1.15 bits per heavy atom. The first kappa shape index (κ1) is 14.8. The number of rotatable bonds is 7. The lowest BCUT2D eigenvalue weighted by atomic mass is 9.48. The molecule has 4 bridgehead atoms. The van der Waals surface area contributed by atoms with Crippen LogP contribution in [0, 0.1) is 23.2 Å². The molecule has 0 aromatic rings. The van der Waals surface area contributed by atoms with Gasteiger partial charge in [0, 0.05) is 32.8 Å². The van der Waals surface area contributed by atoms with E-state index in [4.69, 9.17) is 10.5 Å². The van der Waals surface area contributed by atoms with Crippen molar-refractivity contribution >= 4 is 0 Å². The van der Waals surface area contributed by atoms with Crippen LogP contribution in [0.2, 0.25) is 0 Å². The first-order valence-corrected chi connectivity index (χ1v) is 8.54. The normalized spacial score (nSPS) is 40.5. The molecule has 0 saturated heterocycles. The van der Waals surface area contributed by atoms with Crippen molar-refractivity contribution in [3.8, 4) is 0 Å². The lowest BCUT2D eigenvalue weighted by molar-refractivity contribution is -0.0707. The van der Waals surface area contributed by atoms with E-state index < -0.39 is 0 Å². The summed E-state index contributed by atoms with van der Waals surface area (Å²) in [5, 5.41) is 0. The molecule has 0 heterocycles. The molecule has 0 spiro atoms. The number of methoxy groups -OCH3 is 1. The Balaban J connectivity index is 1.55. The van der Waals surface area contributed by atoms with Crippen molar-refractivity contribution in [1.82, 2.24) is 4.90 Å². The van der Waals surface area contributed by atoms with Gasteiger partial charge in [0.05, 0.1) is 0 Å². The van der Waals surface area contributed by atoms with Gasteiger partial charge in [-0.05, 0) is 75.2 Å². The van der Waals surface area contributed by atoms with E-state index in [-0.39, 0.29) is 0 Å². The van der Waals surface area contributed by atoms with Gasteiger partial charge in [0.25, 0.3) is 0 Å². The molecular weight excluding hydrogens is 248 g/mol. The molecule has 0 amide bonds. The lowest BCUT2D eigenvalue weighted by Gasteiger charge is -2.59. The van der Waals surface area contributed by atoms with Crippen LogP contribution in [0.5, 0.6) is 0 Å². The molecule has 4 rings (SSSR count). The molecule has 0 aliphatic heterocycles. The third-order valence-corrected chi connectivity index (χ3v) is 6.27. The summed E-state index contributed by atoms with van der Waals surface area (Å²) in [5.74, 6) is 3.02. The average molecular weight is 280 g/mol. The molecular formula is C17H32N2O. The molecule has 20 heavy (non-hydrogen) atoms. The molecule has 0 aromatic heterocycles. The van der Waals surface area contributed by atoms with Crippen LogP contribution in [0.3, 0.4) is 0 Å². The van der Waals surface area contributed by atoms with Crippen molar-refractivity contribution in [3.63, 3.8) is 0 Å². The van der Waals surface area contributed by atoms with E-state index >= 15 is 0 Å². The van der Waals surface area contributed by atoms with E-state index in [0.29, 0.717) is 11.5 Å². The minimum absolute atomic E-state index is 0.378. The zero-order valence-corrected chi connectivity index (χ0v) is 13.3. The number of nitrogens with two attached hydrogens (primary N) is 1. The van der Waals surface area contributed by atoms with Gasteiger partial charge in [-0.2, -0.15) is 0 Å². The maximum Gasteiger partial charge on any atom is 0.0474 e. The molecule has 4 saturated carbocycles. The molecule has 116 valence electrons. The highest BCUT2D eigenvalue weighted by atomic mass is 16.5. The number of nitrogens with zero attached hydrogens (tertiary/aromatic N) is 1. The van der Waals surface area contributed by atoms with Crippen molar-refractivity contribution in [1.29, 1.82) is 0 Å². The van der Waals surface area contributed by atoms with Crippen LogP contribution in [-0.4, -0.2) is 44.8 Å². The molecule has 1 atom stereocenters. The lowest BCUT2D eigenvalue weighted by Crippen LogP contribution is -2.57. The molecule has 3 nitrogen and oxygen atoms in total. The Morgan fingerprint density at radius 2 is 1.70 bits per heavy atom. The molecule has 4 aliphatic carbocycles. The summed E-state index contributed by atoms with van der Waals surface area (Å²) >= 11 is 0. The zero-order chi connectivity index (χ0) is 14.2. The van der Waals surface area contributed by atoms with Crippen molar-refractivity contribution < 1.29 is 4.74 Å². The van der Waals surface area contributed by atoms with Gasteiger partial charge in [-0.15, -0.1) is 0 Å². The third kappa shape index (κ3) is 2.90. The standard InChI is InChI=1S/C17H32N2O/c1-19(4-3-5-20-2)12-16(18)17-9-13-6-14(10-17)8-15(7-13)11-17/h13-16H,3-12,18H2,1-2H3. The fraction of sp³-hybridized carbons (Fsp3) is 1.00. The first-order chi connectivity index (χ1) is 9.61. The van der Waals surface area contributed by atoms with Crippen LogP contribution < -0.4 is 5.73 Å². The predicted molar refractivity (Wildman–Crippen MR) is 82.6 cm³/mol. The van der Waals surface area contributed by atoms with Crippen LogP contribution in [0.4, 0.5) is 0 Å². The average Bonchev–Trinajstić information content (AvgIpc) is 2.37. The van der Waals surface area contributed by atoms with E-state index in [9.17, 15) is 0 Å². The smallest absolute Gasteiger partial charge is 0.0474 e. The SMILES string of the molecule is COCCCN(C)CC(N)C12CC3CC(CC(C3)C1)C2. The first-order valence-electron chi connectivity index (χ1n) is 8.54. The Morgan fingerprint density at radius 3 is 2.20 bits per heavy atom. The van der Waals surface area contributed by atoms with Gasteiger partial charge in [0.1, 0.15) is 0 Å². The minimum Gasteiger partial charge on any atom is -0.385 e. The molecule has 2 N–H and O–H groups in total. The Labute approximate surface area is 124 Å². The van der Waals surface area contributed by atoms with Crippen LogP contribution in [0.1, 0.15) is 44.9 Å². The molecule has 4 fully saturated rings. The second-order valence-corrected chi connectivity index (χ2v) is 8.00. The number of ether oxygens (including phenoxy) is 1. The topological polar surface area (TPSA) is 38.5 Å². The summed E-state index contributed by atoms with van der Waals surface area (Å²) in [5.41, 5.74) is 7.20. The van der Waals surface area contributed by atoms with Crippen molar-refractivity contribution in [2.75, 3.05) is 33.9 Å². The fourth-order valence-corrected chi connectivity index (χ4v) is 5.73. The van der Waals surface area contributed by atoms with Crippen molar-refractivity contribution in [3.05, 3.63) is 0 Å². The van der Waals surface area contributed by atoms with Crippen LogP contribution in [0.15, 0.2) is 0 Å². The summed E-state index contributed by atoms with van der Waals surface area (Å²) in [4.78, 5) is 2.42. The van der Waals surface area contributed by atoms with E-state index in [1.807, 2.05) is 0 Å². The number of hydrogen-bond donors (Lipinski definition) is 1. The predicted octanol–water partition coefficient (Wildman–Crippen LogP) is 2.50. The van der Waals surface area contributed by atoms with Gasteiger partial charge in [-0.3, -0.25) is 0 Å². The summed E-state index contributed by atoms with van der Waals surface area (Å²) < 4.78 is 5.14. The zero-order valence-electron chi connectivity index (χ0n) is 13.3. The van der Waals surface area contributed by atoms with Gasteiger partial charge in [-0.25, -0.2) is 0 Å². The Kier molecular flexibility index (Phi) is 4.40. The monoisotopic (exact) mass is 280 g/mol. The fourth-order valence-electron chi connectivity index (χ4n) is 5.73. The maximum absolute atomic E-state index is 6.71. The summed E-state index contributed by atoms with van der Waals surface area (Å²) in [6, 6.07) is 0.378. The molecule has 0 radical (unpaired) electrons. The summed E-state index contributed by atoms with van der Waals surface area (Å²) in [6.07, 6.45) is 9.91. The van der Waals surface area contributed by atoms with Crippen LogP contribution in [0.25, 0.3) is 0 Å². The van der Waals surface area contributed by atoms with E-state index in [2.05, 4.69) is 11.9 Å². The van der Waals surface area contributed by atoms with Crippen LogP contribution in [-0.2, 0) is 4.74 Å². The Bertz CT molecular complexity index is 296. The Hall–Kier alpha value is -0.120. The molecule has 3 heteroatoms. The highest BCUT2D eigenvalue weighted by molar-refractivity contribution is 5.05. The highest BCUT2D eigenvalue weighted by Gasteiger charge is 2.53. The van der Waals surface area contributed by atoms with E-state index in [1.54, 1.807) is 7.11 Å². The van der Waals surface area contributed by atoms with E-state index in [0.717, 1.165) is 43.9 Å².